The number of para-hydroxylation sites is 1. The van der Waals surface area contributed by atoms with E-state index in [-0.39, 0.29) is 29.8 Å². The van der Waals surface area contributed by atoms with E-state index in [1.54, 1.807) is 24.0 Å². The van der Waals surface area contributed by atoms with Crippen molar-refractivity contribution in [3.8, 4) is 5.75 Å². The SMILES string of the molecule is Cc1nnc(C2CN(C(=O)c3cncn3C)CC23CCN(C(=O)COc2ccccc2)CC3)o1. The first-order valence-electron chi connectivity index (χ1n) is 11.5. The molecule has 0 radical (unpaired) electrons. The van der Waals surface area contributed by atoms with E-state index in [0.717, 1.165) is 12.8 Å². The van der Waals surface area contributed by atoms with Crippen LogP contribution in [0.5, 0.6) is 5.75 Å². The van der Waals surface area contributed by atoms with Crippen LogP contribution < -0.4 is 4.74 Å². The smallest absolute Gasteiger partial charge is 0.272 e. The average molecular weight is 465 g/mol. The fourth-order valence-electron chi connectivity index (χ4n) is 5.10. The molecule has 2 aliphatic heterocycles. The van der Waals surface area contributed by atoms with Gasteiger partial charge < -0.3 is 23.5 Å². The van der Waals surface area contributed by atoms with Gasteiger partial charge in [-0.15, -0.1) is 10.2 Å². The third kappa shape index (κ3) is 4.15. The van der Waals surface area contributed by atoms with Crippen LogP contribution in [0.4, 0.5) is 0 Å². The Kier molecular flexibility index (Phi) is 5.80. The number of imidazole rings is 1. The number of hydrogen-bond donors (Lipinski definition) is 0. The number of ether oxygens (including phenoxy) is 1. The number of amides is 2. The Bertz CT molecular complexity index is 1170. The predicted molar refractivity (Wildman–Crippen MR) is 121 cm³/mol. The Morgan fingerprint density at radius 1 is 1.15 bits per heavy atom. The highest BCUT2D eigenvalue weighted by Gasteiger charge is 2.52. The topological polar surface area (TPSA) is 107 Å². The van der Waals surface area contributed by atoms with Gasteiger partial charge in [0.1, 0.15) is 11.4 Å². The molecule has 2 fully saturated rings. The molecule has 1 atom stereocenters. The Morgan fingerprint density at radius 3 is 2.56 bits per heavy atom. The monoisotopic (exact) mass is 464 g/mol. The number of aromatic nitrogens is 4. The largest absolute Gasteiger partial charge is 0.484 e. The molecule has 10 nitrogen and oxygen atoms in total. The highest BCUT2D eigenvalue weighted by atomic mass is 16.5. The summed E-state index contributed by atoms with van der Waals surface area (Å²) in [6.07, 6.45) is 4.70. The van der Waals surface area contributed by atoms with Crippen molar-refractivity contribution in [2.24, 2.45) is 12.5 Å². The van der Waals surface area contributed by atoms with E-state index in [9.17, 15) is 9.59 Å². The standard InChI is InChI=1S/C24H28N6O4/c1-17-26-27-22(34-17)19-13-30(23(32)20-12-25-16-28(20)2)15-24(19)8-10-29(11-9-24)21(31)14-33-18-6-4-3-5-7-18/h3-7,12,16,19H,8-11,13-15H2,1-2H3. The lowest BCUT2D eigenvalue weighted by Crippen LogP contribution is -2.47. The molecule has 0 bridgehead atoms. The molecule has 0 aliphatic carbocycles. The maximum absolute atomic E-state index is 13.2. The quantitative estimate of drug-likeness (QED) is 0.569. The first kappa shape index (κ1) is 22.1. The van der Waals surface area contributed by atoms with E-state index in [1.807, 2.05) is 47.2 Å². The molecule has 10 heteroatoms. The minimum atomic E-state index is -0.232. The van der Waals surface area contributed by atoms with Crippen molar-refractivity contribution in [2.75, 3.05) is 32.8 Å². The number of piperidine rings is 1. The maximum Gasteiger partial charge on any atom is 0.272 e. The summed E-state index contributed by atoms with van der Waals surface area (Å²) < 4.78 is 13.2. The summed E-state index contributed by atoms with van der Waals surface area (Å²) in [5.74, 6) is 1.56. The fraction of sp³-hybridized carbons (Fsp3) is 0.458. The molecule has 1 spiro atoms. The summed E-state index contributed by atoms with van der Waals surface area (Å²) in [5.41, 5.74) is 0.313. The number of carbonyl (C=O) groups excluding carboxylic acids is 2. The first-order chi connectivity index (χ1) is 16.4. The van der Waals surface area contributed by atoms with Crippen molar-refractivity contribution < 1.29 is 18.7 Å². The molecule has 34 heavy (non-hydrogen) atoms. The molecular weight excluding hydrogens is 436 g/mol. The van der Waals surface area contributed by atoms with Crippen molar-refractivity contribution in [1.82, 2.24) is 29.5 Å². The zero-order chi connectivity index (χ0) is 23.7. The number of likely N-dealkylation sites (tertiary alicyclic amines) is 2. The normalized spacial score (nSPS) is 19.5. The number of benzene rings is 1. The summed E-state index contributed by atoms with van der Waals surface area (Å²) in [4.78, 5) is 33.8. The van der Waals surface area contributed by atoms with Crippen molar-refractivity contribution in [2.45, 2.75) is 25.7 Å². The lowest BCUT2D eigenvalue weighted by atomic mass is 9.70. The number of aryl methyl sites for hydroxylation is 2. The minimum absolute atomic E-state index is 0.00833. The van der Waals surface area contributed by atoms with Crippen LogP contribution in [0.2, 0.25) is 0 Å². The van der Waals surface area contributed by atoms with E-state index in [1.165, 1.54) is 0 Å². The second kappa shape index (κ2) is 8.92. The van der Waals surface area contributed by atoms with Crippen LogP contribution in [0.1, 0.15) is 41.0 Å². The molecule has 2 amide bonds. The van der Waals surface area contributed by atoms with Crippen LogP contribution in [0.3, 0.4) is 0 Å². The van der Waals surface area contributed by atoms with Gasteiger partial charge in [-0.25, -0.2) is 4.98 Å². The van der Waals surface area contributed by atoms with Gasteiger partial charge in [-0.3, -0.25) is 9.59 Å². The molecular formula is C24H28N6O4. The molecule has 178 valence electrons. The van der Waals surface area contributed by atoms with E-state index >= 15 is 0 Å². The first-order valence-corrected chi connectivity index (χ1v) is 11.5. The minimum Gasteiger partial charge on any atom is -0.484 e. The summed E-state index contributed by atoms with van der Waals surface area (Å²) in [6.45, 7) is 4.03. The molecule has 0 N–H and O–H groups in total. The second-order valence-electron chi connectivity index (χ2n) is 9.13. The van der Waals surface area contributed by atoms with Crippen LogP contribution in [-0.2, 0) is 11.8 Å². The highest BCUT2D eigenvalue weighted by Crippen LogP contribution is 2.49. The van der Waals surface area contributed by atoms with Crippen LogP contribution in [0.25, 0.3) is 0 Å². The van der Waals surface area contributed by atoms with Crippen LogP contribution in [0, 0.1) is 12.3 Å². The van der Waals surface area contributed by atoms with Gasteiger partial charge in [0.25, 0.3) is 11.8 Å². The van der Waals surface area contributed by atoms with E-state index in [0.29, 0.717) is 49.4 Å². The van der Waals surface area contributed by atoms with Gasteiger partial charge in [-0.1, -0.05) is 18.2 Å². The van der Waals surface area contributed by atoms with Gasteiger partial charge in [0.2, 0.25) is 11.8 Å². The lowest BCUT2D eigenvalue weighted by Gasteiger charge is -2.41. The number of nitrogens with zero attached hydrogens (tertiary/aromatic N) is 6. The average Bonchev–Trinajstić information content (AvgIpc) is 3.57. The van der Waals surface area contributed by atoms with E-state index < -0.39 is 0 Å². The predicted octanol–water partition coefficient (Wildman–Crippen LogP) is 2.04. The molecule has 5 rings (SSSR count). The Labute approximate surface area is 197 Å². The van der Waals surface area contributed by atoms with Crippen molar-refractivity contribution in [3.05, 3.63) is 60.3 Å². The maximum atomic E-state index is 13.2. The number of rotatable bonds is 5. The fourth-order valence-corrected chi connectivity index (χ4v) is 5.10. The van der Waals surface area contributed by atoms with Crippen molar-refractivity contribution in [3.63, 3.8) is 0 Å². The molecule has 2 aliphatic rings. The molecule has 4 heterocycles. The van der Waals surface area contributed by atoms with Gasteiger partial charge in [-0.05, 0) is 25.0 Å². The third-order valence-corrected chi connectivity index (χ3v) is 7.03. The van der Waals surface area contributed by atoms with Crippen LogP contribution in [-0.4, -0.2) is 74.1 Å². The summed E-state index contributed by atoms with van der Waals surface area (Å²) >= 11 is 0. The molecule has 1 aromatic carbocycles. The highest BCUT2D eigenvalue weighted by molar-refractivity contribution is 5.92. The summed E-state index contributed by atoms with van der Waals surface area (Å²) in [6, 6.07) is 9.33. The Balaban J connectivity index is 1.29. The summed E-state index contributed by atoms with van der Waals surface area (Å²) in [5, 5.41) is 8.32. The molecule has 2 saturated heterocycles. The molecule has 3 aromatic rings. The van der Waals surface area contributed by atoms with Gasteiger partial charge >= 0.3 is 0 Å². The molecule has 0 saturated carbocycles. The lowest BCUT2D eigenvalue weighted by molar-refractivity contribution is -0.135. The van der Waals surface area contributed by atoms with Gasteiger partial charge in [-0.2, -0.15) is 0 Å². The second-order valence-corrected chi connectivity index (χ2v) is 9.13. The zero-order valence-corrected chi connectivity index (χ0v) is 19.4. The van der Waals surface area contributed by atoms with Gasteiger partial charge in [0.05, 0.1) is 18.4 Å². The Morgan fingerprint density at radius 2 is 1.91 bits per heavy atom. The van der Waals surface area contributed by atoms with Gasteiger partial charge in [0.15, 0.2) is 6.61 Å². The Hall–Kier alpha value is -3.69. The van der Waals surface area contributed by atoms with Crippen molar-refractivity contribution >= 4 is 11.8 Å². The molecule has 2 aromatic heterocycles. The summed E-state index contributed by atoms with van der Waals surface area (Å²) in [7, 11) is 1.81. The van der Waals surface area contributed by atoms with Crippen molar-refractivity contribution in [1.29, 1.82) is 0 Å². The van der Waals surface area contributed by atoms with Gasteiger partial charge in [0, 0.05) is 45.6 Å². The van der Waals surface area contributed by atoms with Crippen LogP contribution in [0.15, 0.2) is 47.3 Å². The number of carbonyl (C=O) groups is 2. The zero-order valence-electron chi connectivity index (χ0n) is 19.4. The number of hydrogen-bond acceptors (Lipinski definition) is 7. The van der Waals surface area contributed by atoms with Crippen LogP contribution >= 0.6 is 0 Å². The van der Waals surface area contributed by atoms with E-state index in [2.05, 4.69) is 15.2 Å². The van der Waals surface area contributed by atoms with E-state index in [4.69, 9.17) is 9.15 Å². The third-order valence-electron chi connectivity index (χ3n) is 7.03. The molecule has 1 unspecified atom stereocenters.